The van der Waals surface area contributed by atoms with Crippen molar-refractivity contribution in [3.63, 3.8) is 0 Å². The summed E-state index contributed by atoms with van der Waals surface area (Å²) in [6.07, 6.45) is -1.48. The number of hydrogen-bond acceptors (Lipinski definition) is 9. The molecule has 0 saturated carbocycles. The van der Waals surface area contributed by atoms with Crippen LogP contribution in [-0.2, 0) is 37.0 Å². The third-order valence-corrected chi connectivity index (χ3v) is 6.57. The number of likely N-dealkylation sites (N-methyl/N-ethyl adjacent to an activating group) is 2. The standard InChI is InChI=1S/C30H42N8O7/c1-30(2,33-28(41)44-16-15-38(4,5)6)27(40)32-23(20-43-18-21-11-8-7-9-12-21)26-35-34-25-14-10-13-22(37(25)26)19-45-29(42)36(3)17-24(31)39/h7-14,23H,15-20H2,1-6H3,(H3-,31,32,33,39,40,41)/p+1/t23-/m1/s1. The highest BCUT2D eigenvalue weighted by Crippen LogP contribution is 2.19. The van der Waals surface area contributed by atoms with Crippen molar-refractivity contribution < 1.29 is 37.9 Å². The minimum Gasteiger partial charge on any atom is -0.444 e. The predicted molar refractivity (Wildman–Crippen MR) is 163 cm³/mol. The average molecular weight is 628 g/mol. The normalized spacial score (nSPS) is 12.3. The number of carbonyl (C=O) groups excluding carboxylic acids is 4. The van der Waals surface area contributed by atoms with Crippen LogP contribution in [-0.4, -0.2) is 108 Å². The van der Waals surface area contributed by atoms with E-state index in [1.54, 1.807) is 36.4 Å². The number of alkyl carbamates (subject to hydrolysis) is 1. The Hall–Kier alpha value is -4.76. The molecular formula is C30H43N8O7+. The lowest BCUT2D eigenvalue weighted by atomic mass is 10.0. The van der Waals surface area contributed by atoms with Crippen LogP contribution in [0.25, 0.3) is 5.65 Å². The molecule has 0 aliphatic heterocycles. The van der Waals surface area contributed by atoms with E-state index < -0.39 is 35.6 Å². The van der Waals surface area contributed by atoms with Gasteiger partial charge in [0.2, 0.25) is 11.8 Å². The number of quaternary nitrogens is 1. The number of nitrogens with one attached hydrogen (secondary N) is 2. The molecule has 0 spiro atoms. The van der Waals surface area contributed by atoms with E-state index >= 15 is 0 Å². The van der Waals surface area contributed by atoms with Crippen LogP contribution in [0.3, 0.4) is 0 Å². The van der Waals surface area contributed by atoms with Crippen LogP contribution in [0.2, 0.25) is 0 Å². The average Bonchev–Trinajstić information content (AvgIpc) is 3.39. The first kappa shape index (κ1) is 34.7. The Morgan fingerprint density at radius 2 is 1.71 bits per heavy atom. The molecule has 3 rings (SSSR count). The quantitative estimate of drug-likeness (QED) is 0.210. The van der Waals surface area contributed by atoms with Crippen molar-refractivity contribution in [3.8, 4) is 0 Å². The Morgan fingerprint density at radius 1 is 1.00 bits per heavy atom. The molecule has 0 saturated heterocycles. The fraction of sp³-hybridized carbons (Fsp3) is 0.467. The number of nitrogens with zero attached hydrogens (tertiary/aromatic N) is 5. The van der Waals surface area contributed by atoms with Crippen molar-refractivity contribution in [1.29, 1.82) is 0 Å². The molecule has 0 bridgehead atoms. The van der Waals surface area contributed by atoms with Gasteiger partial charge in [0.15, 0.2) is 11.5 Å². The lowest BCUT2D eigenvalue weighted by molar-refractivity contribution is -0.870. The van der Waals surface area contributed by atoms with Crippen molar-refractivity contribution in [2.75, 3.05) is 54.5 Å². The number of carbonyl (C=O) groups is 4. The zero-order valence-corrected chi connectivity index (χ0v) is 26.6. The Bertz CT molecular complexity index is 1470. The number of ether oxygens (including phenoxy) is 3. The molecule has 0 fully saturated rings. The fourth-order valence-corrected chi connectivity index (χ4v) is 4.06. The highest BCUT2D eigenvalue weighted by molar-refractivity contribution is 5.89. The number of benzene rings is 1. The summed E-state index contributed by atoms with van der Waals surface area (Å²) in [4.78, 5) is 50.7. The van der Waals surface area contributed by atoms with Crippen LogP contribution in [0, 0.1) is 0 Å². The molecule has 1 aromatic carbocycles. The third-order valence-electron chi connectivity index (χ3n) is 6.57. The SMILES string of the molecule is CN(CC(N)=O)C(=O)OCc1cccc2nnc([C@@H](COCc3ccccc3)NC(=O)C(C)(C)NC(=O)OCC[N+](C)(C)C)n12. The minimum absolute atomic E-state index is 0.000918. The Morgan fingerprint density at radius 3 is 2.38 bits per heavy atom. The third kappa shape index (κ3) is 10.7. The molecule has 15 heteroatoms. The van der Waals surface area contributed by atoms with E-state index in [2.05, 4.69) is 20.8 Å². The van der Waals surface area contributed by atoms with E-state index in [4.69, 9.17) is 19.9 Å². The van der Waals surface area contributed by atoms with E-state index in [1.165, 1.54) is 7.05 Å². The van der Waals surface area contributed by atoms with Gasteiger partial charge in [0, 0.05) is 7.05 Å². The van der Waals surface area contributed by atoms with E-state index in [-0.39, 0.29) is 33.0 Å². The molecule has 0 aliphatic rings. The first-order valence-electron chi connectivity index (χ1n) is 14.3. The van der Waals surface area contributed by atoms with E-state index in [9.17, 15) is 19.2 Å². The Balaban J connectivity index is 1.82. The van der Waals surface area contributed by atoms with Crippen molar-refractivity contribution in [3.05, 3.63) is 65.6 Å². The van der Waals surface area contributed by atoms with E-state index in [0.717, 1.165) is 10.5 Å². The molecule has 3 aromatic rings. The largest absolute Gasteiger partial charge is 0.444 e. The van der Waals surface area contributed by atoms with Gasteiger partial charge in [-0.05, 0) is 31.5 Å². The maximum Gasteiger partial charge on any atom is 0.410 e. The molecule has 244 valence electrons. The summed E-state index contributed by atoms with van der Waals surface area (Å²) in [5, 5.41) is 14.1. The lowest BCUT2D eigenvalue weighted by Gasteiger charge is -2.28. The number of primary amides is 1. The first-order valence-corrected chi connectivity index (χ1v) is 14.3. The van der Waals surface area contributed by atoms with Crippen LogP contribution in [0.1, 0.15) is 37.0 Å². The Kier molecular flexibility index (Phi) is 11.8. The maximum absolute atomic E-state index is 13.6. The number of nitrogens with two attached hydrogens (primary N) is 1. The van der Waals surface area contributed by atoms with Crippen molar-refractivity contribution in [2.24, 2.45) is 5.73 Å². The van der Waals surface area contributed by atoms with Crippen LogP contribution < -0.4 is 16.4 Å². The summed E-state index contributed by atoms with van der Waals surface area (Å²) in [6.45, 7) is 3.66. The van der Waals surface area contributed by atoms with Gasteiger partial charge in [0.05, 0.1) is 40.1 Å². The lowest BCUT2D eigenvalue weighted by Crippen LogP contribution is -2.56. The highest BCUT2D eigenvalue weighted by atomic mass is 16.6. The second kappa shape index (κ2) is 15.3. The maximum atomic E-state index is 13.6. The van der Waals surface area contributed by atoms with Gasteiger partial charge in [-0.25, -0.2) is 9.59 Å². The van der Waals surface area contributed by atoms with Gasteiger partial charge >= 0.3 is 12.2 Å². The smallest absolute Gasteiger partial charge is 0.410 e. The zero-order chi connectivity index (χ0) is 33.2. The van der Waals surface area contributed by atoms with Gasteiger partial charge < -0.3 is 40.0 Å². The summed E-state index contributed by atoms with van der Waals surface area (Å²) in [5.41, 5.74) is 5.67. The van der Waals surface area contributed by atoms with Gasteiger partial charge in [-0.15, -0.1) is 10.2 Å². The molecule has 1 atom stereocenters. The topological polar surface area (TPSA) is 179 Å². The summed E-state index contributed by atoms with van der Waals surface area (Å²) >= 11 is 0. The number of amides is 4. The van der Waals surface area contributed by atoms with Gasteiger partial charge in [-0.2, -0.15) is 0 Å². The monoisotopic (exact) mass is 627 g/mol. The number of rotatable bonds is 15. The number of aromatic nitrogens is 3. The number of hydrogen-bond donors (Lipinski definition) is 3. The highest BCUT2D eigenvalue weighted by Gasteiger charge is 2.34. The van der Waals surface area contributed by atoms with Crippen molar-refractivity contribution >= 4 is 29.6 Å². The number of fused-ring (bicyclic) bond motifs is 1. The fourth-order valence-electron chi connectivity index (χ4n) is 4.06. The Labute approximate surface area is 262 Å². The summed E-state index contributed by atoms with van der Waals surface area (Å²) in [5.74, 6) is -0.889. The van der Waals surface area contributed by atoms with Crippen LogP contribution >= 0.6 is 0 Å². The van der Waals surface area contributed by atoms with Crippen molar-refractivity contribution in [1.82, 2.24) is 30.1 Å². The van der Waals surface area contributed by atoms with Crippen LogP contribution in [0.5, 0.6) is 0 Å². The van der Waals surface area contributed by atoms with E-state index in [1.807, 2.05) is 51.5 Å². The molecule has 45 heavy (non-hydrogen) atoms. The van der Waals surface area contributed by atoms with Gasteiger partial charge in [-0.3, -0.25) is 14.0 Å². The minimum atomic E-state index is -1.37. The summed E-state index contributed by atoms with van der Waals surface area (Å²) < 4.78 is 18.9. The van der Waals surface area contributed by atoms with Gasteiger partial charge in [-0.1, -0.05) is 36.4 Å². The molecule has 0 aliphatic carbocycles. The van der Waals surface area contributed by atoms with E-state index in [0.29, 0.717) is 28.2 Å². The van der Waals surface area contributed by atoms with Crippen molar-refractivity contribution in [2.45, 2.75) is 38.6 Å². The molecule has 0 radical (unpaired) electrons. The van der Waals surface area contributed by atoms with Crippen LogP contribution in [0.15, 0.2) is 48.5 Å². The molecule has 4 N–H and O–H groups in total. The predicted octanol–water partition coefficient (Wildman–Crippen LogP) is 1.37. The van der Waals surface area contributed by atoms with Gasteiger partial charge in [0.25, 0.3) is 0 Å². The molecule has 2 aromatic heterocycles. The molecular weight excluding hydrogens is 584 g/mol. The first-order chi connectivity index (χ1) is 21.2. The molecule has 15 nitrogen and oxygen atoms in total. The second-order valence-corrected chi connectivity index (χ2v) is 12.1. The molecule has 2 heterocycles. The van der Waals surface area contributed by atoms with Crippen LogP contribution in [0.4, 0.5) is 9.59 Å². The summed E-state index contributed by atoms with van der Waals surface area (Å²) in [7, 11) is 7.32. The van der Waals surface area contributed by atoms with Gasteiger partial charge in [0.1, 0.15) is 37.9 Å². The molecule has 0 unspecified atom stereocenters. The molecule has 4 amide bonds. The summed E-state index contributed by atoms with van der Waals surface area (Å²) in [6, 6.07) is 13.8. The zero-order valence-electron chi connectivity index (χ0n) is 26.6. The second-order valence-electron chi connectivity index (χ2n) is 12.1. The number of pyridine rings is 1.